The van der Waals surface area contributed by atoms with Crippen molar-refractivity contribution in [1.82, 2.24) is 5.32 Å². The Labute approximate surface area is 119 Å². The maximum atomic E-state index is 9.47. The van der Waals surface area contributed by atoms with Gasteiger partial charge in [0, 0.05) is 6.54 Å². The number of hydrogen-bond acceptors (Lipinski definition) is 3. The zero-order valence-electron chi connectivity index (χ0n) is 9.96. The molecular formula is C12H17Br2NO2. The van der Waals surface area contributed by atoms with Gasteiger partial charge in [-0.15, -0.1) is 0 Å². The van der Waals surface area contributed by atoms with Gasteiger partial charge < -0.3 is 15.2 Å². The van der Waals surface area contributed by atoms with Crippen molar-refractivity contribution in [3.63, 3.8) is 0 Å². The predicted octanol–water partition coefficient (Wildman–Crippen LogP) is 3.08. The van der Waals surface area contributed by atoms with E-state index in [9.17, 15) is 5.11 Å². The van der Waals surface area contributed by atoms with Gasteiger partial charge in [-0.25, -0.2) is 0 Å². The fourth-order valence-electron chi connectivity index (χ4n) is 1.35. The molecule has 0 aliphatic heterocycles. The van der Waals surface area contributed by atoms with Crippen LogP contribution in [0.25, 0.3) is 0 Å². The van der Waals surface area contributed by atoms with Gasteiger partial charge in [-0.3, -0.25) is 0 Å². The maximum absolute atomic E-state index is 9.47. The second kappa shape index (κ2) is 7.36. The lowest BCUT2D eigenvalue weighted by molar-refractivity contribution is 0.103. The number of aliphatic hydroxyl groups is 1. The molecule has 0 aromatic heterocycles. The van der Waals surface area contributed by atoms with Gasteiger partial charge in [0.1, 0.15) is 12.4 Å². The van der Waals surface area contributed by atoms with E-state index in [2.05, 4.69) is 37.2 Å². The van der Waals surface area contributed by atoms with Crippen LogP contribution in [0.15, 0.2) is 21.1 Å². The summed E-state index contributed by atoms with van der Waals surface area (Å²) in [6.07, 6.45) is 0.262. The fourth-order valence-corrected chi connectivity index (χ4v) is 2.86. The largest absolute Gasteiger partial charge is 0.489 e. The molecule has 1 aromatic carbocycles. The van der Waals surface area contributed by atoms with Gasteiger partial charge >= 0.3 is 0 Å². The van der Waals surface area contributed by atoms with Crippen molar-refractivity contribution >= 4 is 31.9 Å². The van der Waals surface area contributed by atoms with Gasteiger partial charge in [0.2, 0.25) is 0 Å². The highest BCUT2D eigenvalue weighted by Gasteiger charge is 2.10. The summed E-state index contributed by atoms with van der Waals surface area (Å²) in [5.41, 5.74) is 1.16. The molecule has 0 saturated carbocycles. The van der Waals surface area contributed by atoms with E-state index in [1.165, 1.54) is 0 Å². The Hall–Kier alpha value is -0.100. The van der Waals surface area contributed by atoms with Crippen LogP contribution in [0.4, 0.5) is 0 Å². The van der Waals surface area contributed by atoms with Crippen LogP contribution in [-0.2, 0) is 6.54 Å². The van der Waals surface area contributed by atoms with Crippen molar-refractivity contribution in [2.75, 3.05) is 13.7 Å². The number of ether oxygens (including phenoxy) is 1. The number of benzene rings is 1. The molecule has 1 atom stereocenters. The molecule has 1 aromatic rings. The Morgan fingerprint density at radius 1 is 1.35 bits per heavy atom. The molecule has 0 bridgehead atoms. The van der Waals surface area contributed by atoms with E-state index in [-0.39, 0.29) is 0 Å². The molecule has 0 amide bonds. The lowest BCUT2D eigenvalue weighted by Gasteiger charge is -2.14. The van der Waals surface area contributed by atoms with Crippen molar-refractivity contribution < 1.29 is 9.84 Å². The Kier molecular flexibility index (Phi) is 6.48. The zero-order chi connectivity index (χ0) is 12.8. The van der Waals surface area contributed by atoms with Crippen molar-refractivity contribution in [3.05, 3.63) is 26.6 Å². The van der Waals surface area contributed by atoms with Crippen LogP contribution < -0.4 is 10.1 Å². The highest BCUT2D eigenvalue weighted by Crippen LogP contribution is 2.34. The van der Waals surface area contributed by atoms with Gasteiger partial charge in [-0.05, 0) is 63.0 Å². The molecule has 3 nitrogen and oxygen atoms in total. The zero-order valence-corrected chi connectivity index (χ0v) is 13.1. The molecule has 5 heteroatoms. The van der Waals surface area contributed by atoms with Crippen molar-refractivity contribution in [2.24, 2.45) is 0 Å². The van der Waals surface area contributed by atoms with E-state index in [0.29, 0.717) is 13.0 Å². The average Bonchev–Trinajstić information content (AvgIpc) is 2.28. The molecule has 0 saturated heterocycles. The first-order valence-corrected chi connectivity index (χ1v) is 7.10. The van der Waals surface area contributed by atoms with Gasteiger partial charge in [0.25, 0.3) is 0 Å². The number of rotatable bonds is 6. The number of halogens is 2. The maximum Gasteiger partial charge on any atom is 0.147 e. The first-order chi connectivity index (χ1) is 8.08. The molecule has 96 valence electrons. The van der Waals surface area contributed by atoms with Crippen molar-refractivity contribution in [1.29, 1.82) is 0 Å². The van der Waals surface area contributed by atoms with Crippen molar-refractivity contribution in [2.45, 2.75) is 26.0 Å². The summed E-state index contributed by atoms with van der Waals surface area (Å²) >= 11 is 6.95. The summed E-state index contributed by atoms with van der Waals surface area (Å²) in [7, 11) is 1.91. The molecule has 0 aliphatic rings. The minimum atomic E-state index is -0.425. The summed E-state index contributed by atoms with van der Waals surface area (Å²) < 4.78 is 7.37. The summed E-state index contributed by atoms with van der Waals surface area (Å²) in [6, 6.07) is 4.02. The summed E-state index contributed by atoms with van der Waals surface area (Å²) in [5, 5.41) is 12.6. The minimum absolute atomic E-state index is 0.305. The number of hydrogen-bond donors (Lipinski definition) is 2. The fraction of sp³-hybridized carbons (Fsp3) is 0.500. The lowest BCUT2D eigenvalue weighted by atomic mass is 10.2. The van der Waals surface area contributed by atoms with E-state index in [1.807, 2.05) is 26.1 Å². The molecule has 2 N–H and O–H groups in total. The lowest BCUT2D eigenvalue weighted by Crippen LogP contribution is -2.16. The first-order valence-electron chi connectivity index (χ1n) is 5.51. The highest BCUT2D eigenvalue weighted by molar-refractivity contribution is 9.11. The third kappa shape index (κ3) is 4.58. The molecule has 1 rings (SSSR count). The molecule has 1 unspecified atom stereocenters. The molecule has 0 aliphatic carbocycles. The predicted molar refractivity (Wildman–Crippen MR) is 76.4 cm³/mol. The monoisotopic (exact) mass is 365 g/mol. The van der Waals surface area contributed by atoms with Crippen LogP contribution in [0.1, 0.15) is 18.9 Å². The van der Waals surface area contributed by atoms with E-state index in [0.717, 1.165) is 26.8 Å². The van der Waals surface area contributed by atoms with Crippen LogP contribution in [0.3, 0.4) is 0 Å². The topological polar surface area (TPSA) is 41.5 Å². The molecular weight excluding hydrogens is 350 g/mol. The standard InChI is InChI=1S/C12H17Br2NO2/c1-3-9(16)7-17-12-10(13)4-8(6-15-2)5-11(12)14/h4-5,9,15-16H,3,6-7H2,1-2H3. The Bertz CT molecular complexity index is 349. The second-order valence-corrected chi connectivity index (χ2v) is 5.50. The Morgan fingerprint density at radius 2 is 1.94 bits per heavy atom. The van der Waals surface area contributed by atoms with Gasteiger partial charge in [0.15, 0.2) is 0 Å². The quantitative estimate of drug-likeness (QED) is 0.812. The Balaban J connectivity index is 2.78. The van der Waals surface area contributed by atoms with Crippen molar-refractivity contribution in [3.8, 4) is 5.75 Å². The summed E-state index contributed by atoms with van der Waals surface area (Å²) in [6.45, 7) is 3.03. The van der Waals surface area contributed by atoms with Crippen LogP contribution in [0.2, 0.25) is 0 Å². The summed E-state index contributed by atoms with van der Waals surface area (Å²) in [5.74, 6) is 0.734. The smallest absolute Gasteiger partial charge is 0.147 e. The average molecular weight is 367 g/mol. The van der Waals surface area contributed by atoms with Crippen LogP contribution in [-0.4, -0.2) is 24.9 Å². The molecule has 17 heavy (non-hydrogen) atoms. The van der Waals surface area contributed by atoms with E-state index in [4.69, 9.17) is 4.74 Å². The minimum Gasteiger partial charge on any atom is -0.489 e. The van der Waals surface area contributed by atoms with E-state index in [1.54, 1.807) is 0 Å². The molecule has 0 heterocycles. The van der Waals surface area contributed by atoms with Crippen LogP contribution >= 0.6 is 31.9 Å². The second-order valence-electron chi connectivity index (χ2n) is 3.79. The first kappa shape index (κ1) is 15.0. The van der Waals surface area contributed by atoms with Gasteiger partial charge in [-0.1, -0.05) is 6.92 Å². The normalized spacial score (nSPS) is 12.5. The summed E-state index contributed by atoms with van der Waals surface area (Å²) in [4.78, 5) is 0. The van der Waals surface area contributed by atoms with Crippen LogP contribution in [0.5, 0.6) is 5.75 Å². The van der Waals surface area contributed by atoms with Gasteiger partial charge in [0.05, 0.1) is 15.0 Å². The third-order valence-corrected chi connectivity index (χ3v) is 3.51. The Morgan fingerprint density at radius 3 is 2.41 bits per heavy atom. The van der Waals surface area contributed by atoms with Crippen LogP contribution in [0, 0.1) is 0 Å². The van der Waals surface area contributed by atoms with E-state index >= 15 is 0 Å². The SMILES string of the molecule is CCC(O)COc1c(Br)cc(CNC)cc1Br. The molecule has 0 fully saturated rings. The third-order valence-electron chi connectivity index (χ3n) is 2.33. The number of aliphatic hydroxyl groups excluding tert-OH is 1. The van der Waals surface area contributed by atoms with E-state index < -0.39 is 6.10 Å². The molecule has 0 radical (unpaired) electrons. The highest BCUT2D eigenvalue weighted by atomic mass is 79.9. The van der Waals surface area contributed by atoms with Gasteiger partial charge in [-0.2, -0.15) is 0 Å². The molecule has 0 spiro atoms. The number of nitrogens with one attached hydrogen (secondary N) is 1.